The summed E-state index contributed by atoms with van der Waals surface area (Å²) in [5.41, 5.74) is 2.24. The third-order valence-electron chi connectivity index (χ3n) is 4.36. The molecule has 0 spiro atoms. The molecule has 1 aromatic heterocycles. The van der Waals surface area contributed by atoms with E-state index in [2.05, 4.69) is 46.4 Å². The summed E-state index contributed by atoms with van der Waals surface area (Å²) in [6, 6.07) is 19.8. The van der Waals surface area contributed by atoms with Gasteiger partial charge in [-0.3, -0.25) is 4.79 Å². The first-order valence-electron chi connectivity index (χ1n) is 9.20. The van der Waals surface area contributed by atoms with Crippen LogP contribution in [0.1, 0.15) is 35.5 Å². The third-order valence-corrected chi connectivity index (χ3v) is 4.36. The minimum atomic E-state index is -0.317. The van der Waals surface area contributed by atoms with Crippen LogP contribution >= 0.6 is 0 Å². The molecule has 2 aromatic carbocycles. The van der Waals surface area contributed by atoms with Crippen LogP contribution in [-0.2, 0) is 13.1 Å². The monoisotopic (exact) mass is 378 g/mol. The van der Waals surface area contributed by atoms with E-state index >= 15 is 0 Å². The predicted molar refractivity (Wildman–Crippen MR) is 107 cm³/mol. The third kappa shape index (κ3) is 5.13. The molecule has 0 aliphatic heterocycles. The summed E-state index contributed by atoms with van der Waals surface area (Å²) in [6.45, 7) is 5.19. The topological polar surface area (TPSA) is 58.1 Å². The molecule has 6 heteroatoms. The van der Waals surface area contributed by atoms with Crippen LogP contribution in [-0.4, -0.2) is 22.1 Å². The van der Waals surface area contributed by atoms with Crippen LogP contribution in [0.5, 0.6) is 0 Å². The summed E-state index contributed by atoms with van der Waals surface area (Å²) in [5, 5.41) is 11.1. The van der Waals surface area contributed by atoms with Crippen molar-refractivity contribution >= 4 is 11.7 Å². The van der Waals surface area contributed by atoms with E-state index in [-0.39, 0.29) is 23.5 Å². The number of benzene rings is 2. The lowest BCUT2D eigenvalue weighted by Crippen LogP contribution is -2.31. The Bertz CT molecular complexity index is 896. The van der Waals surface area contributed by atoms with Crippen LogP contribution < -0.4 is 10.2 Å². The number of rotatable bonds is 7. The molecule has 0 saturated carbocycles. The predicted octanol–water partition coefficient (Wildman–Crippen LogP) is 3.96. The SMILES string of the molecule is CC(C)N(Cc1ccccc1)c1ccc(C(=O)NCc2ccc(F)cc2)nn1. The molecule has 0 unspecified atom stereocenters. The highest BCUT2D eigenvalue weighted by atomic mass is 19.1. The Labute approximate surface area is 164 Å². The molecule has 0 bridgehead atoms. The quantitative estimate of drug-likeness (QED) is 0.676. The average Bonchev–Trinajstić information content (AvgIpc) is 2.72. The Kier molecular flexibility index (Phi) is 6.32. The first-order chi connectivity index (χ1) is 13.5. The zero-order valence-corrected chi connectivity index (χ0v) is 16.0. The van der Waals surface area contributed by atoms with Crippen molar-refractivity contribution in [3.05, 3.63) is 89.4 Å². The van der Waals surface area contributed by atoms with Gasteiger partial charge >= 0.3 is 0 Å². The fourth-order valence-electron chi connectivity index (χ4n) is 2.78. The number of carbonyl (C=O) groups excluding carboxylic acids is 1. The normalized spacial score (nSPS) is 10.7. The summed E-state index contributed by atoms with van der Waals surface area (Å²) in [6.07, 6.45) is 0. The number of hydrogen-bond acceptors (Lipinski definition) is 4. The number of carbonyl (C=O) groups is 1. The van der Waals surface area contributed by atoms with Gasteiger partial charge in [0, 0.05) is 19.1 Å². The van der Waals surface area contributed by atoms with Crippen molar-refractivity contribution in [3.63, 3.8) is 0 Å². The largest absolute Gasteiger partial charge is 0.348 e. The Morgan fingerprint density at radius 2 is 1.68 bits per heavy atom. The van der Waals surface area contributed by atoms with Gasteiger partial charge in [0.2, 0.25) is 0 Å². The zero-order valence-electron chi connectivity index (χ0n) is 16.0. The fraction of sp³-hybridized carbons (Fsp3) is 0.227. The molecule has 0 fully saturated rings. The van der Waals surface area contributed by atoms with E-state index in [1.807, 2.05) is 24.3 Å². The summed E-state index contributed by atoms with van der Waals surface area (Å²) >= 11 is 0. The number of nitrogens with zero attached hydrogens (tertiary/aromatic N) is 3. The van der Waals surface area contributed by atoms with Gasteiger partial charge in [-0.25, -0.2) is 4.39 Å². The first-order valence-corrected chi connectivity index (χ1v) is 9.20. The fourth-order valence-corrected chi connectivity index (χ4v) is 2.78. The summed E-state index contributed by atoms with van der Waals surface area (Å²) in [4.78, 5) is 14.4. The van der Waals surface area contributed by atoms with Gasteiger partial charge < -0.3 is 10.2 Å². The second-order valence-corrected chi connectivity index (χ2v) is 6.79. The molecule has 0 aliphatic rings. The standard InChI is InChI=1S/C22H23FN4O/c1-16(2)27(15-18-6-4-3-5-7-18)21-13-12-20(25-26-21)22(28)24-14-17-8-10-19(23)11-9-17/h3-13,16H,14-15H2,1-2H3,(H,24,28). The van der Waals surface area contributed by atoms with Gasteiger partial charge in [-0.2, -0.15) is 0 Å². The second kappa shape index (κ2) is 9.08. The molecule has 0 radical (unpaired) electrons. The van der Waals surface area contributed by atoms with Crippen LogP contribution in [0.4, 0.5) is 10.2 Å². The first kappa shape index (κ1) is 19.5. The van der Waals surface area contributed by atoms with Crippen LogP contribution in [0.25, 0.3) is 0 Å². The molecule has 1 heterocycles. The smallest absolute Gasteiger partial charge is 0.272 e. The van der Waals surface area contributed by atoms with Crippen molar-refractivity contribution in [1.29, 1.82) is 0 Å². The molecule has 1 N–H and O–H groups in total. The van der Waals surface area contributed by atoms with Gasteiger partial charge in [-0.1, -0.05) is 42.5 Å². The number of amides is 1. The van der Waals surface area contributed by atoms with E-state index in [1.54, 1.807) is 18.2 Å². The minimum Gasteiger partial charge on any atom is -0.348 e. The summed E-state index contributed by atoms with van der Waals surface area (Å²) < 4.78 is 12.9. The maximum atomic E-state index is 12.9. The van der Waals surface area contributed by atoms with Crippen LogP contribution in [0.3, 0.4) is 0 Å². The number of anilines is 1. The Morgan fingerprint density at radius 1 is 0.964 bits per heavy atom. The zero-order chi connectivity index (χ0) is 19.9. The van der Waals surface area contributed by atoms with Gasteiger partial charge in [-0.05, 0) is 49.2 Å². The molecule has 3 rings (SSSR count). The molecular formula is C22H23FN4O. The van der Waals surface area contributed by atoms with E-state index in [0.717, 1.165) is 5.56 Å². The number of hydrogen-bond donors (Lipinski definition) is 1. The van der Waals surface area contributed by atoms with Crippen molar-refractivity contribution in [2.45, 2.75) is 33.0 Å². The summed E-state index contributed by atoms with van der Waals surface area (Å²) in [5.74, 6) is 0.0956. The Balaban J connectivity index is 1.65. The Morgan fingerprint density at radius 3 is 2.29 bits per heavy atom. The molecule has 28 heavy (non-hydrogen) atoms. The highest BCUT2D eigenvalue weighted by Gasteiger charge is 2.15. The number of nitrogens with one attached hydrogen (secondary N) is 1. The highest BCUT2D eigenvalue weighted by Crippen LogP contribution is 2.17. The maximum absolute atomic E-state index is 12.9. The molecule has 0 atom stereocenters. The van der Waals surface area contributed by atoms with Gasteiger partial charge in [0.25, 0.3) is 5.91 Å². The van der Waals surface area contributed by atoms with E-state index in [4.69, 9.17) is 0 Å². The van der Waals surface area contributed by atoms with E-state index in [0.29, 0.717) is 18.9 Å². The average molecular weight is 378 g/mol. The molecule has 144 valence electrons. The van der Waals surface area contributed by atoms with Crippen molar-refractivity contribution in [3.8, 4) is 0 Å². The van der Waals surface area contributed by atoms with Gasteiger partial charge in [0.15, 0.2) is 11.5 Å². The summed E-state index contributed by atoms with van der Waals surface area (Å²) in [7, 11) is 0. The molecular weight excluding hydrogens is 355 g/mol. The van der Waals surface area contributed by atoms with Crippen LogP contribution in [0.2, 0.25) is 0 Å². The number of aromatic nitrogens is 2. The highest BCUT2D eigenvalue weighted by molar-refractivity contribution is 5.92. The van der Waals surface area contributed by atoms with Gasteiger partial charge in [0.1, 0.15) is 5.82 Å². The van der Waals surface area contributed by atoms with Crippen LogP contribution in [0.15, 0.2) is 66.7 Å². The lowest BCUT2D eigenvalue weighted by Gasteiger charge is -2.27. The van der Waals surface area contributed by atoms with Crippen molar-refractivity contribution in [2.75, 3.05) is 4.90 Å². The maximum Gasteiger partial charge on any atom is 0.272 e. The molecule has 5 nitrogen and oxygen atoms in total. The van der Waals surface area contributed by atoms with Crippen molar-refractivity contribution < 1.29 is 9.18 Å². The lowest BCUT2D eigenvalue weighted by molar-refractivity contribution is 0.0945. The molecule has 3 aromatic rings. The van der Waals surface area contributed by atoms with Crippen molar-refractivity contribution in [1.82, 2.24) is 15.5 Å². The molecule has 0 saturated heterocycles. The van der Waals surface area contributed by atoms with Gasteiger partial charge in [-0.15, -0.1) is 10.2 Å². The molecule has 1 amide bonds. The van der Waals surface area contributed by atoms with E-state index < -0.39 is 0 Å². The van der Waals surface area contributed by atoms with E-state index in [1.165, 1.54) is 17.7 Å². The molecule has 0 aliphatic carbocycles. The number of halogens is 1. The van der Waals surface area contributed by atoms with Gasteiger partial charge in [0.05, 0.1) is 0 Å². The van der Waals surface area contributed by atoms with Crippen molar-refractivity contribution in [2.24, 2.45) is 0 Å². The van der Waals surface area contributed by atoms with Crippen LogP contribution in [0, 0.1) is 5.82 Å². The minimum absolute atomic E-state index is 0.229. The Hall–Kier alpha value is -3.28. The second-order valence-electron chi connectivity index (χ2n) is 6.79. The lowest BCUT2D eigenvalue weighted by atomic mass is 10.2. The van der Waals surface area contributed by atoms with E-state index in [9.17, 15) is 9.18 Å².